The molecule has 0 spiro atoms. The maximum atomic E-state index is 12.7. The molecule has 0 radical (unpaired) electrons. The van der Waals surface area contributed by atoms with Crippen molar-refractivity contribution >= 4 is 19.8 Å². The number of quaternary nitrogens is 1. The van der Waals surface area contributed by atoms with Gasteiger partial charge in [0, 0.05) is 25.7 Å². The number of hydrogen-bond donors (Lipinski definition) is 6. The molecule has 0 rings (SSSR count). The molecule has 15 nitrogen and oxygen atoms in total. The van der Waals surface area contributed by atoms with Crippen LogP contribution >= 0.6 is 7.82 Å². The topological polar surface area (TPSA) is 233 Å². The van der Waals surface area contributed by atoms with E-state index < -0.39 is 75.7 Å². The average Bonchev–Trinajstić information content (AvgIpc) is 3.15. The van der Waals surface area contributed by atoms with Crippen LogP contribution in [0, 0.1) is 0 Å². The molecule has 0 fully saturated rings. The summed E-state index contributed by atoms with van der Waals surface area (Å²) >= 11 is 0. The first-order valence-corrected chi connectivity index (χ1v) is 23.7. The van der Waals surface area contributed by atoms with E-state index in [9.17, 15) is 49.7 Å². The van der Waals surface area contributed by atoms with Crippen LogP contribution in [-0.2, 0) is 32.7 Å². The first-order valence-electron chi connectivity index (χ1n) is 22.2. The standard InChI is InChI=1S/C42H84NO14P/c1-6-8-10-11-12-13-14-15-16-17-18-19-21-26-41(50)54-32-34(33-56-58(52,53)55-29-28-43(3,4)5)57-42(51)27-23-22-25-36(45)38(47)31-40(49)39(48)30-37(46)35(44)24-20-9-7-2/h34-40,44-49H,6-33H2,1-5H3/t34-,35?,36?,37?,38?,39?,40?/m1/s1. The molecule has 0 aromatic heterocycles. The summed E-state index contributed by atoms with van der Waals surface area (Å²) in [4.78, 5) is 37.6. The van der Waals surface area contributed by atoms with Gasteiger partial charge in [-0.1, -0.05) is 117 Å². The van der Waals surface area contributed by atoms with Crippen molar-refractivity contribution in [3.05, 3.63) is 0 Å². The molecule has 0 saturated carbocycles. The van der Waals surface area contributed by atoms with Crippen LogP contribution in [0.1, 0.15) is 168 Å². The summed E-state index contributed by atoms with van der Waals surface area (Å²) in [7, 11) is 0.874. The molecular formula is C42H84NO14P. The zero-order valence-corrected chi connectivity index (χ0v) is 37.6. The quantitative estimate of drug-likeness (QED) is 0.0201. The zero-order chi connectivity index (χ0) is 43.8. The number of phosphoric ester groups is 1. The molecule has 0 aromatic carbocycles. The molecule has 346 valence electrons. The number of aliphatic hydroxyl groups is 6. The summed E-state index contributed by atoms with van der Waals surface area (Å²) in [5.41, 5.74) is 0. The molecule has 7 unspecified atom stereocenters. The first-order chi connectivity index (χ1) is 27.4. The Morgan fingerprint density at radius 3 is 1.43 bits per heavy atom. The van der Waals surface area contributed by atoms with Gasteiger partial charge in [0.15, 0.2) is 6.10 Å². The number of carbonyl (C=O) groups excluding carboxylic acids is 2. The Kier molecular flexibility index (Phi) is 33.6. The SMILES string of the molecule is CCCCCCCCCCCCCCCC(=O)OC[C@H](COP(=O)([O-])OCC[N+](C)(C)C)OC(=O)CCCCC(O)C(O)CC(O)C(O)CC(O)C(O)CCCCC. The van der Waals surface area contributed by atoms with Crippen molar-refractivity contribution in [1.82, 2.24) is 0 Å². The Morgan fingerprint density at radius 1 is 0.552 bits per heavy atom. The van der Waals surface area contributed by atoms with E-state index in [1.165, 1.54) is 57.8 Å². The fourth-order valence-corrected chi connectivity index (χ4v) is 7.01. The third kappa shape index (κ3) is 33.5. The summed E-state index contributed by atoms with van der Waals surface area (Å²) < 4.78 is 33.5. The number of aliphatic hydroxyl groups excluding tert-OH is 6. The monoisotopic (exact) mass is 858 g/mol. The van der Waals surface area contributed by atoms with Gasteiger partial charge < -0.3 is 58.5 Å². The van der Waals surface area contributed by atoms with Crippen molar-refractivity contribution in [1.29, 1.82) is 0 Å². The van der Waals surface area contributed by atoms with E-state index in [2.05, 4.69) is 6.92 Å². The van der Waals surface area contributed by atoms with Crippen LogP contribution in [0.5, 0.6) is 0 Å². The van der Waals surface area contributed by atoms with Gasteiger partial charge >= 0.3 is 11.9 Å². The van der Waals surface area contributed by atoms with Gasteiger partial charge in [0.05, 0.1) is 64.4 Å². The molecule has 6 N–H and O–H groups in total. The molecule has 16 heteroatoms. The Hall–Kier alpha value is -1.23. The van der Waals surface area contributed by atoms with Crippen LogP contribution < -0.4 is 4.89 Å². The predicted octanol–water partition coefficient (Wildman–Crippen LogP) is 5.22. The zero-order valence-electron chi connectivity index (χ0n) is 36.7. The molecule has 0 aliphatic heterocycles. The Morgan fingerprint density at radius 2 is 0.948 bits per heavy atom. The van der Waals surface area contributed by atoms with E-state index >= 15 is 0 Å². The van der Waals surface area contributed by atoms with E-state index in [1.807, 2.05) is 28.1 Å². The van der Waals surface area contributed by atoms with Gasteiger partial charge in [0.1, 0.15) is 19.8 Å². The first kappa shape index (κ1) is 56.8. The van der Waals surface area contributed by atoms with Crippen LogP contribution in [-0.4, -0.2) is 137 Å². The third-order valence-electron chi connectivity index (χ3n) is 10.2. The lowest BCUT2D eigenvalue weighted by Gasteiger charge is -2.28. The molecule has 0 amide bonds. The highest BCUT2D eigenvalue weighted by molar-refractivity contribution is 7.45. The maximum absolute atomic E-state index is 12.7. The van der Waals surface area contributed by atoms with Gasteiger partial charge in [-0.15, -0.1) is 0 Å². The van der Waals surface area contributed by atoms with Gasteiger partial charge in [-0.2, -0.15) is 0 Å². The smallest absolute Gasteiger partial charge is 0.306 e. The number of likely N-dealkylation sites (N-methyl/N-ethyl adjacent to an activating group) is 1. The molecule has 0 bridgehead atoms. The number of esters is 2. The highest BCUT2D eigenvalue weighted by atomic mass is 31.2. The van der Waals surface area contributed by atoms with E-state index in [0.717, 1.165) is 38.5 Å². The summed E-state index contributed by atoms with van der Waals surface area (Å²) in [6, 6.07) is 0. The van der Waals surface area contributed by atoms with E-state index in [0.29, 0.717) is 23.9 Å². The second kappa shape index (κ2) is 34.4. The van der Waals surface area contributed by atoms with Gasteiger partial charge in [-0.3, -0.25) is 14.2 Å². The number of hydrogen-bond acceptors (Lipinski definition) is 14. The minimum absolute atomic E-state index is 0.0589. The molecule has 0 aliphatic rings. The van der Waals surface area contributed by atoms with Crippen molar-refractivity contribution in [2.24, 2.45) is 0 Å². The fraction of sp³-hybridized carbons (Fsp3) is 0.952. The average molecular weight is 858 g/mol. The predicted molar refractivity (Wildman–Crippen MR) is 221 cm³/mol. The van der Waals surface area contributed by atoms with Crippen LogP contribution in [0.15, 0.2) is 0 Å². The highest BCUT2D eigenvalue weighted by Gasteiger charge is 2.28. The van der Waals surface area contributed by atoms with Gasteiger partial charge in [0.25, 0.3) is 7.82 Å². The lowest BCUT2D eigenvalue weighted by molar-refractivity contribution is -0.870. The number of nitrogens with zero attached hydrogens (tertiary/aromatic N) is 1. The number of ether oxygens (including phenoxy) is 2. The van der Waals surface area contributed by atoms with Crippen molar-refractivity contribution in [2.45, 2.75) is 211 Å². The van der Waals surface area contributed by atoms with Gasteiger partial charge in [-0.25, -0.2) is 0 Å². The largest absolute Gasteiger partial charge is 0.756 e. The van der Waals surface area contributed by atoms with Crippen molar-refractivity contribution < 1.29 is 72.7 Å². The Bertz CT molecular complexity index is 1060. The number of unbranched alkanes of at least 4 members (excludes halogenated alkanes) is 15. The van der Waals surface area contributed by atoms with Crippen LogP contribution in [0.25, 0.3) is 0 Å². The molecule has 0 aromatic rings. The molecule has 0 aliphatic carbocycles. The van der Waals surface area contributed by atoms with E-state index in [4.69, 9.17) is 18.5 Å². The highest BCUT2D eigenvalue weighted by Crippen LogP contribution is 2.38. The van der Waals surface area contributed by atoms with Gasteiger partial charge in [-0.05, 0) is 25.7 Å². The second-order valence-electron chi connectivity index (χ2n) is 17.0. The molecule has 0 heterocycles. The normalized spacial score (nSPS) is 16.8. The van der Waals surface area contributed by atoms with Crippen molar-refractivity contribution in [2.75, 3.05) is 47.5 Å². The lowest BCUT2D eigenvalue weighted by Crippen LogP contribution is -2.39. The fourth-order valence-electron chi connectivity index (χ4n) is 6.28. The van der Waals surface area contributed by atoms with Crippen LogP contribution in [0.4, 0.5) is 0 Å². The molecular weight excluding hydrogens is 773 g/mol. The second-order valence-corrected chi connectivity index (χ2v) is 18.4. The summed E-state index contributed by atoms with van der Waals surface area (Å²) in [6.07, 6.45) is 9.08. The minimum Gasteiger partial charge on any atom is -0.756 e. The van der Waals surface area contributed by atoms with Crippen LogP contribution in [0.2, 0.25) is 0 Å². The summed E-state index contributed by atoms with van der Waals surface area (Å²) in [5.74, 6) is -1.20. The molecule has 0 saturated heterocycles. The van der Waals surface area contributed by atoms with Gasteiger partial charge in [0.2, 0.25) is 0 Å². The third-order valence-corrected chi connectivity index (χ3v) is 11.1. The molecule has 58 heavy (non-hydrogen) atoms. The number of rotatable bonds is 40. The lowest BCUT2D eigenvalue weighted by atomic mass is 9.94. The van der Waals surface area contributed by atoms with Crippen molar-refractivity contribution in [3.63, 3.8) is 0 Å². The van der Waals surface area contributed by atoms with E-state index in [-0.39, 0.29) is 51.6 Å². The molecule has 8 atom stereocenters. The van der Waals surface area contributed by atoms with Crippen molar-refractivity contribution in [3.8, 4) is 0 Å². The summed E-state index contributed by atoms with van der Waals surface area (Å²) in [6.45, 7) is 3.50. The van der Waals surface area contributed by atoms with Crippen LogP contribution in [0.3, 0.4) is 0 Å². The number of carbonyl (C=O) groups is 2. The number of phosphoric acid groups is 1. The maximum Gasteiger partial charge on any atom is 0.306 e. The summed E-state index contributed by atoms with van der Waals surface area (Å²) in [5, 5.41) is 61.6. The van der Waals surface area contributed by atoms with E-state index in [1.54, 1.807) is 0 Å². The minimum atomic E-state index is -4.75. The Labute approximate surface area is 350 Å². The Balaban J connectivity index is 4.74.